The van der Waals surface area contributed by atoms with Crippen LogP contribution in [-0.2, 0) is 14.3 Å². The van der Waals surface area contributed by atoms with Gasteiger partial charge in [-0.15, -0.1) is 0 Å². The Labute approximate surface area is 116 Å². The molecule has 0 bridgehead atoms. The summed E-state index contributed by atoms with van der Waals surface area (Å²) < 4.78 is 10.7. The first kappa shape index (κ1) is 16.4. The maximum absolute atomic E-state index is 11.7. The van der Waals surface area contributed by atoms with Gasteiger partial charge in [0.2, 0.25) is 0 Å². The summed E-state index contributed by atoms with van der Waals surface area (Å²) in [7, 11) is 1.44. The van der Waals surface area contributed by atoms with Crippen LogP contribution in [0.2, 0.25) is 0 Å². The third-order valence-electron chi connectivity index (χ3n) is 3.40. The number of likely N-dealkylation sites (N-methyl/N-ethyl adjacent to an activating group) is 1. The van der Waals surface area contributed by atoms with Gasteiger partial charge >= 0.3 is 5.97 Å². The van der Waals surface area contributed by atoms with Gasteiger partial charge in [-0.05, 0) is 32.4 Å². The largest absolute Gasteiger partial charge is 0.468 e. The molecular formula is C14H28N2O3. The van der Waals surface area contributed by atoms with Gasteiger partial charge in [0.15, 0.2) is 0 Å². The van der Waals surface area contributed by atoms with E-state index >= 15 is 0 Å². The second kappa shape index (κ2) is 9.28. The van der Waals surface area contributed by atoms with Crippen molar-refractivity contribution in [2.45, 2.75) is 45.3 Å². The highest BCUT2D eigenvalue weighted by Gasteiger charge is 2.26. The van der Waals surface area contributed by atoms with Crippen molar-refractivity contribution in [2.24, 2.45) is 0 Å². The van der Waals surface area contributed by atoms with Gasteiger partial charge in [0, 0.05) is 19.7 Å². The average Bonchev–Trinajstić information content (AvgIpc) is 2.44. The van der Waals surface area contributed by atoms with E-state index in [2.05, 4.69) is 17.1 Å². The Morgan fingerprint density at radius 1 is 1.47 bits per heavy atom. The second-order valence-electron chi connectivity index (χ2n) is 5.03. The molecule has 112 valence electrons. The smallest absolute Gasteiger partial charge is 0.324 e. The third kappa shape index (κ3) is 5.89. The normalized spacial score (nSPS) is 22.2. The first-order chi connectivity index (χ1) is 9.21. The Kier molecular flexibility index (Phi) is 8.02. The summed E-state index contributed by atoms with van der Waals surface area (Å²) in [6.07, 6.45) is 3.63. The number of ether oxygens (including phenoxy) is 2. The van der Waals surface area contributed by atoms with Crippen molar-refractivity contribution in [1.82, 2.24) is 10.2 Å². The number of rotatable bonds is 8. The summed E-state index contributed by atoms with van der Waals surface area (Å²) in [6.45, 7) is 8.37. The Morgan fingerprint density at radius 3 is 2.89 bits per heavy atom. The number of likely N-dealkylation sites (tertiary alicyclic amines) is 1. The van der Waals surface area contributed by atoms with Gasteiger partial charge in [-0.2, -0.15) is 0 Å². The Hall–Kier alpha value is -0.650. The van der Waals surface area contributed by atoms with Crippen LogP contribution in [0.1, 0.15) is 33.1 Å². The average molecular weight is 272 g/mol. The Bertz CT molecular complexity index is 261. The summed E-state index contributed by atoms with van der Waals surface area (Å²) in [5.41, 5.74) is 0. The molecule has 1 fully saturated rings. The second-order valence-corrected chi connectivity index (χ2v) is 5.03. The number of carbonyl (C=O) groups excluding carboxylic acids is 1. The molecule has 0 aromatic heterocycles. The van der Waals surface area contributed by atoms with Crippen LogP contribution in [0.15, 0.2) is 0 Å². The van der Waals surface area contributed by atoms with Crippen LogP contribution in [0.3, 0.4) is 0 Å². The first-order valence-corrected chi connectivity index (χ1v) is 7.36. The van der Waals surface area contributed by atoms with Crippen molar-refractivity contribution in [2.75, 3.05) is 39.9 Å². The van der Waals surface area contributed by atoms with Crippen LogP contribution in [0.25, 0.3) is 0 Å². The van der Waals surface area contributed by atoms with Crippen molar-refractivity contribution in [1.29, 1.82) is 0 Å². The molecule has 1 heterocycles. The molecule has 0 aromatic carbocycles. The minimum Gasteiger partial charge on any atom is -0.468 e. The van der Waals surface area contributed by atoms with E-state index < -0.39 is 0 Å². The van der Waals surface area contributed by atoms with Crippen LogP contribution in [0.5, 0.6) is 0 Å². The van der Waals surface area contributed by atoms with E-state index in [4.69, 9.17) is 9.47 Å². The minimum absolute atomic E-state index is 0.182. The van der Waals surface area contributed by atoms with E-state index in [1.165, 1.54) is 7.11 Å². The summed E-state index contributed by atoms with van der Waals surface area (Å²) in [5.74, 6) is -0.182. The quantitative estimate of drug-likeness (QED) is 0.669. The maximum Gasteiger partial charge on any atom is 0.324 e. The predicted octanol–water partition coefficient (Wildman–Crippen LogP) is 1.03. The number of hydrogen-bond donors (Lipinski definition) is 1. The lowest BCUT2D eigenvalue weighted by molar-refractivity contribution is -0.144. The number of nitrogens with one attached hydrogen (secondary N) is 1. The van der Waals surface area contributed by atoms with E-state index in [0.717, 1.165) is 45.5 Å². The standard InChI is InChI=1S/C14H28N2O3/c1-4-9-19-12-7-6-8-16(10-12)11-13(15-5-2)14(17)18-3/h12-13,15H,4-11H2,1-3H3. The van der Waals surface area contributed by atoms with E-state index in [1.54, 1.807) is 0 Å². The van der Waals surface area contributed by atoms with Crippen molar-refractivity contribution in [3.63, 3.8) is 0 Å². The van der Waals surface area contributed by atoms with Crippen LogP contribution in [-0.4, -0.2) is 62.9 Å². The van der Waals surface area contributed by atoms with Crippen molar-refractivity contribution < 1.29 is 14.3 Å². The fraction of sp³-hybridized carbons (Fsp3) is 0.929. The zero-order valence-electron chi connectivity index (χ0n) is 12.5. The maximum atomic E-state index is 11.7. The molecule has 5 heteroatoms. The minimum atomic E-state index is -0.236. The van der Waals surface area contributed by atoms with Crippen LogP contribution >= 0.6 is 0 Å². The van der Waals surface area contributed by atoms with Crippen molar-refractivity contribution >= 4 is 5.97 Å². The number of esters is 1. The van der Waals surface area contributed by atoms with Gasteiger partial charge in [0.25, 0.3) is 0 Å². The lowest BCUT2D eigenvalue weighted by Gasteiger charge is -2.34. The highest BCUT2D eigenvalue weighted by Crippen LogP contribution is 2.14. The van der Waals surface area contributed by atoms with E-state index in [0.29, 0.717) is 12.6 Å². The number of nitrogens with zero attached hydrogens (tertiary/aromatic N) is 1. The third-order valence-corrected chi connectivity index (χ3v) is 3.40. The monoisotopic (exact) mass is 272 g/mol. The number of carbonyl (C=O) groups is 1. The molecule has 0 radical (unpaired) electrons. The SMILES string of the molecule is CCCOC1CCCN(CC(NCC)C(=O)OC)C1. The molecule has 1 rings (SSSR count). The Balaban J connectivity index is 2.42. The van der Waals surface area contributed by atoms with Crippen molar-refractivity contribution in [3.8, 4) is 0 Å². The van der Waals surface area contributed by atoms with Gasteiger partial charge in [-0.1, -0.05) is 13.8 Å². The van der Waals surface area contributed by atoms with Gasteiger partial charge in [-0.25, -0.2) is 0 Å². The summed E-state index contributed by atoms with van der Waals surface area (Å²) >= 11 is 0. The molecule has 1 aliphatic heterocycles. The van der Waals surface area contributed by atoms with Crippen LogP contribution < -0.4 is 5.32 Å². The molecule has 1 aliphatic rings. The van der Waals surface area contributed by atoms with Crippen LogP contribution in [0.4, 0.5) is 0 Å². The molecular weight excluding hydrogens is 244 g/mol. The van der Waals surface area contributed by atoms with E-state index in [1.807, 2.05) is 6.92 Å². The van der Waals surface area contributed by atoms with Gasteiger partial charge in [-0.3, -0.25) is 9.69 Å². The number of piperidine rings is 1. The van der Waals surface area contributed by atoms with Gasteiger partial charge in [0.1, 0.15) is 6.04 Å². The molecule has 1 saturated heterocycles. The molecule has 0 spiro atoms. The topological polar surface area (TPSA) is 50.8 Å². The van der Waals surface area contributed by atoms with Gasteiger partial charge < -0.3 is 14.8 Å². The lowest BCUT2D eigenvalue weighted by atomic mass is 10.1. The van der Waals surface area contributed by atoms with Gasteiger partial charge in [0.05, 0.1) is 13.2 Å². The summed E-state index contributed by atoms with van der Waals surface area (Å²) in [6, 6.07) is -0.236. The highest BCUT2D eigenvalue weighted by molar-refractivity contribution is 5.75. The summed E-state index contributed by atoms with van der Waals surface area (Å²) in [4.78, 5) is 14.0. The fourth-order valence-corrected chi connectivity index (χ4v) is 2.47. The molecule has 0 amide bonds. The molecule has 0 saturated carbocycles. The molecule has 0 aliphatic carbocycles. The fourth-order valence-electron chi connectivity index (χ4n) is 2.47. The molecule has 1 N–H and O–H groups in total. The highest BCUT2D eigenvalue weighted by atomic mass is 16.5. The van der Waals surface area contributed by atoms with E-state index in [9.17, 15) is 4.79 Å². The molecule has 19 heavy (non-hydrogen) atoms. The molecule has 5 nitrogen and oxygen atoms in total. The van der Waals surface area contributed by atoms with Crippen molar-refractivity contribution in [3.05, 3.63) is 0 Å². The predicted molar refractivity (Wildman–Crippen MR) is 75.2 cm³/mol. The van der Waals surface area contributed by atoms with E-state index in [-0.39, 0.29) is 12.0 Å². The Morgan fingerprint density at radius 2 is 2.26 bits per heavy atom. The lowest BCUT2D eigenvalue weighted by Crippen LogP contribution is -2.50. The van der Waals surface area contributed by atoms with Crippen LogP contribution in [0, 0.1) is 0 Å². The zero-order chi connectivity index (χ0) is 14.1. The zero-order valence-corrected chi connectivity index (χ0v) is 12.5. The molecule has 0 aromatic rings. The number of hydrogen-bond acceptors (Lipinski definition) is 5. The summed E-state index contributed by atoms with van der Waals surface area (Å²) in [5, 5.41) is 3.18. The first-order valence-electron chi connectivity index (χ1n) is 7.36. The molecule has 2 unspecified atom stereocenters. The number of methoxy groups -OCH3 is 1. The molecule has 2 atom stereocenters.